The zero-order valence-corrected chi connectivity index (χ0v) is 16.1. The normalized spacial score (nSPS) is 11.6. The van der Waals surface area contributed by atoms with Gasteiger partial charge in [-0.1, -0.05) is 37.6 Å². The molecule has 2 aromatic carbocycles. The largest absolute Gasteiger partial charge is 0.392 e. The van der Waals surface area contributed by atoms with E-state index in [1.807, 2.05) is 0 Å². The summed E-state index contributed by atoms with van der Waals surface area (Å²) in [5, 5.41) is 11.9. The van der Waals surface area contributed by atoms with Gasteiger partial charge < -0.3 is 10.4 Å². The minimum absolute atomic E-state index is 0.0655. The van der Waals surface area contributed by atoms with E-state index in [1.54, 1.807) is 38.1 Å². The summed E-state index contributed by atoms with van der Waals surface area (Å²) in [5.74, 6) is -0.465. The maximum absolute atomic E-state index is 12.7. The smallest absolute Gasteiger partial charge is 0.255 e. The highest BCUT2D eigenvalue weighted by Crippen LogP contribution is 2.26. The number of hydrogen-bond donors (Lipinski definition) is 2. The Kier molecular flexibility index (Phi) is 6.77. The summed E-state index contributed by atoms with van der Waals surface area (Å²) in [6.07, 6.45) is 0. The number of carbonyl (C=O) groups is 1. The molecule has 0 saturated heterocycles. The van der Waals surface area contributed by atoms with Gasteiger partial charge in [-0.2, -0.15) is 4.31 Å². The number of halogens is 1. The number of amides is 1. The van der Waals surface area contributed by atoms with Crippen LogP contribution in [-0.2, 0) is 16.6 Å². The molecule has 0 aliphatic rings. The second-order valence-corrected chi connectivity index (χ2v) is 7.86. The van der Waals surface area contributed by atoms with Gasteiger partial charge in [-0.05, 0) is 35.9 Å². The van der Waals surface area contributed by atoms with Crippen molar-refractivity contribution in [2.75, 3.05) is 18.4 Å². The van der Waals surface area contributed by atoms with Crippen LogP contribution in [0.5, 0.6) is 0 Å². The first-order valence-corrected chi connectivity index (χ1v) is 9.96. The van der Waals surface area contributed by atoms with Crippen molar-refractivity contribution >= 4 is 33.2 Å². The van der Waals surface area contributed by atoms with Gasteiger partial charge in [-0.15, -0.1) is 0 Å². The number of carbonyl (C=O) groups excluding carboxylic acids is 1. The Bertz CT molecular complexity index is 896. The highest BCUT2D eigenvalue weighted by atomic mass is 35.5. The highest BCUT2D eigenvalue weighted by Gasteiger charge is 2.25. The van der Waals surface area contributed by atoms with Crippen molar-refractivity contribution in [3.8, 4) is 0 Å². The molecule has 26 heavy (non-hydrogen) atoms. The quantitative estimate of drug-likeness (QED) is 0.752. The second-order valence-electron chi connectivity index (χ2n) is 5.55. The average Bonchev–Trinajstić information content (AvgIpc) is 2.62. The van der Waals surface area contributed by atoms with E-state index in [0.29, 0.717) is 24.3 Å². The molecule has 140 valence electrons. The number of aliphatic hydroxyl groups excluding tert-OH is 1. The Morgan fingerprint density at radius 3 is 2.46 bits per heavy atom. The second kappa shape index (κ2) is 8.64. The maximum Gasteiger partial charge on any atom is 0.255 e. The molecular formula is C18H21ClN2O4S. The maximum atomic E-state index is 12.7. The summed E-state index contributed by atoms with van der Waals surface area (Å²) in [4.78, 5) is 12.4. The van der Waals surface area contributed by atoms with Crippen LogP contribution in [0.3, 0.4) is 0 Å². The first kappa shape index (κ1) is 20.4. The van der Waals surface area contributed by atoms with E-state index in [2.05, 4.69) is 5.32 Å². The highest BCUT2D eigenvalue weighted by molar-refractivity contribution is 7.89. The van der Waals surface area contributed by atoms with Crippen LogP contribution in [0.25, 0.3) is 0 Å². The summed E-state index contributed by atoms with van der Waals surface area (Å²) in [6.45, 7) is 3.94. The number of anilines is 1. The number of nitrogens with zero attached hydrogens (tertiary/aromatic N) is 1. The Balaban J connectivity index is 2.35. The van der Waals surface area contributed by atoms with Crippen LogP contribution in [0.1, 0.15) is 29.8 Å². The van der Waals surface area contributed by atoms with Gasteiger partial charge in [0, 0.05) is 24.3 Å². The molecule has 0 radical (unpaired) electrons. The van der Waals surface area contributed by atoms with Gasteiger partial charge in [-0.3, -0.25) is 4.79 Å². The molecule has 2 N–H and O–H groups in total. The van der Waals surface area contributed by atoms with E-state index >= 15 is 0 Å². The molecule has 0 aromatic heterocycles. The van der Waals surface area contributed by atoms with Crippen molar-refractivity contribution in [1.29, 1.82) is 0 Å². The lowest BCUT2D eigenvalue weighted by Crippen LogP contribution is -2.31. The molecule has 0 bridgehead atoms. The predicted octanol–water partition coefficient (Wildman–Crippen LogP) is 3.12. The summed E-state index contributed by atoms with van der Waals surface area (Å²) >= 11 is 6.08. The van der Waals surface area contributed by atoms with Gasteiger partial charge in [0.05, 0.1) is 11.6 Å². The standard InChI is InChI=1S/C18H21ClN2O4S/c1-3-21(4-2)26(24,25)17-11-14(8-9-16(17)19)18(23)20-15-7-5-6-13(10-15)12-22/h5-11,22H,3-4,12H2,1-2H3,(H,20,23). The number of aliphatic hydroxyl groups is 1. The van der Waals surface area contributed by atoms with E-state index in [9.17, 15) is 13.2 Å². The average molecular weight is 397 g/mol. The summed E-state index contributed by atoms with van der Waals surface area (Å²) in [5.41, 5.74) is 1.34. The SMILES string of the molecule is CCN(CC)S(=O)(=O)c1cc(C(=O)Nc2cccc(CO)c2)ccc1Cl. The minimum atomic E-state index is -3.78. The fraction of sp³-hybridized carbons (Fsp3) is 0.278. The van der Waals surface area contributed by atoms with E-state index in [1.165, 1.54) is 22.5 Å². The molecule has 0 aliphatic carbocycles. The number of rotatable bonds is 7. The number of sulfonamides is 1. The van der Waals surface area contributed by atoms with Crippen molar-refractivity contribution in [3.05, 3.63) is 58.6 Å². The third-order valence-electron chi connectivity index (χ3n) is 3.88. The Morgan fingerprint density at radius 1 is 1.15 bits per heavy atom. The molecule has 0 saturated carbocycles. The van der Waals surface area contributed by atoms with Crippen LogP contribution in [0.15, 0.2) is 47.4 Å². The fourth-order valence-corrected chi connectivity index (χ4v) is 4.45. The van der Waals surface area contributed by atoms with Crippen LogP contribution < -0.4 is 5.32 Å². The Labute approximate surface area is 158 Å². The third kappa shape index (κ3) is 4.42. The summed E-state index contributed by atoms with van der Waals surface area (Å²) in [7, 11) is -3.78. The van der Waals surface area contributed by atoms with Crippen molar-refractivity contribution in [2.24, 2.45) is 0 Å². The number of nitrogens with one attached hydrogen (secondary N) is 1. The van der Waals surface area contributed by atoms with Gasteiger partial charge in [0.1, 0.15) is 4.90 Å². The minimum Gasteiger partial charge on any atom is -0.392 e. The summed E-state index contributed by atoms with van der Waals surface area (Å²) < 4.78 is 26.7. The van der Waals surface area contributed by atoms with Crippen LogP contribution in [-0.4, -0.2) is 36.8 Å². The zero-order chi connectivity index (χ0) is 19.3. The van der Waals surface area contributed by atoms with Gasteiger partial charge >= 0.3 is 0 Å². The zero-order valence-electron chi connectivity index (χ0n) is 14.6. The van der Waals surface area contributed by atoms with Crippen LogP contribution in [0, 0.1) is 0 Å². The van der Waals surface area contributed by atoms with Crippen molar-refractivity contribution in [3.63, 3.8) is 0 Å². The van der Waals surface area contributed by atoms with Gasteiger partial charge in [-0.25, -0.2) is 8.42 Å². The molecule has 2 rings (SSSR count). The monoisotopic (exact) mass is 396 g/mol. The van der Waals surface area contributed by atoms with Crippen molar-refractivity contribution < 1.29 is 18.3 Å². The molecule has 0 spiro atoms. The molecule has 0 atom stereocenters. The molecule has 2 aromatic rings. The lowest BCUT2D eigenvalue weighted by atomic mass is 10.2. The van der Waals surface area contributed by atoms with Crippen LogP contribution in [0.2, 0.25) is 5.02 Å². The van der Waals surface area contributed by atoms with Crippen LogP contribution in [0.4, 0.5) is 5.69 Å². The number of hydrogen-bond acceptors (Lipinski definition) is 4. The van der Waals surface area contributed by atoms with E-state index in [4.69, 9.17) is 16.7 Å². The first-order chi connectivity index (χ1) is 12.3. The topological polar surface area (TPSA) is 86.7 Å². The Morgan fingerprint density at radius 2 is 1.85 bits per heavy atom. The molecule has 1 amide bonds. The van der Waals surface area contributed by atoms with E-state index in [0.717, 1.165) is 0 Å². The lowest BCUT2D eigenvalue weighted by molar-refractivity contribution is 0.102. The Hall–Kier alpha value is -1.93. The summed E-state index contributed by atoms with van der Waals surface area (Å²) in [6, 6.07) is 10.9. The molecule has 0 aliphatic heterocycles. The van der Waals surface area contributed by atoms with E-state index < -0.39 is 15.9 Å². The van der Waals surface area contributed by atoms with Crippen molar-refractivity contribution in [2.45, 2.75) is 25.3 Å². The first-order valence-electron chi connectivity index (χ1n) is 8.14. The predicted molar refractivity (Wildman–Crippen MR) is 102 cm³/mol. The van der Waals surface area contributed by atoms with Crippen LogP contribution >= 0.6 is 11.6 Å². The molecule has 8 heteroatoms. The van der Waals surface area contributed by atoms with Gasteiger partial charge in [0.2, 0.25) is 10.0 Å². The van der Waals surface area contributed by atoms with E-state index in [-0.39, 0.29) is 22.1 Å². The molecule has 6 nitrogen and oxygen atoms in total. The van der Waals surface area contributed by atoms with Gasteiger partial charge in [0.15, 0.2) is 0 Å². The molecular weight excluding hydrogens is 376 g/mol. The third-order valence-corrected chi connectivity index (χ3v) is 6.42. The lowest BCUT2D eigenvalue weighted by Gasteiger charge is -2.19. The molecule has 0 unspecified atom stereocenters. The van der Waals surface area contributed by atoms with Gasteiger partial charge in [0.25, 0.3) is 5.91 Å². The molecule has 0 fully saturated rings. The number of benzene rings is 2. The molecule has 0 heterocycles. The fourth-order valence-electron chi connectivity index (χ4n) is 2.50. The van der Waals surface area contributed by atoms with Crippen molar-refractivity contribution in [1.82, 2.24) is 4.31 Å².